The van der Waals surface area contributed by atoms with Gasteiger partial charge in [-0.25, -0.2) is 9.97 Å². The van der Waals surface area contributed by atoms with Crippen molar-refractivity contribution in [1.29, 1.82) is 0 Å². The average Bonchev–Trinajstić information content (AvgIpc) is 2.99. The third-order valence-corrected chi connectivity index (χ3v) is 3.15. The topological polar surface area (TPSA) is 39.9 Å². The van der Waals surface area contributed by atoms with E-state index in [1.54, 1.807) is 6.20 Å². The number of rotatable bonds is 4. The number of nitrogens with zero attached hydrogens (tertiary/aromatic N) is 3. The number of pyridine rings is 1. The van der Waals surface area contributed by atoms with Gasteiger partial charge in [-0.15, -0.1) is 0 Å². The van der Waals surface area contributed by atoms with Gasteiger partial charge < -0.3 is 9.30 Å². The van der Waals surface area contributed by atoms with E-state index in [1.807, 2.05) is 59.4 Å². The summed E-state index contributed by atoms with van der Waals surface area (Å²) < 4.78 is 7.74. The summed E-state index contributed by atoms with van der Waals surface area (Å²) in [5.74, 6) is 2.74. The molecule has 0 N–H and O–H groups in total. The number of para-hydroxylation sites is 1. The molecule has 0 bridgehead atoms. The zero-order chi connectivity index (χ0) is 14.7. The van der Waals surface area contributed by atoms with Crippen molar-refractivity contribution in [1.82, 2.24) is 14.5 Å². The summed E-state index contributed by atoms with van der Waals surface area (Å²) in [4.78, 5) is 8.75. The molecule has 0 amide bonds. The summed E-state index contributed by atoms with van der Waals surface area (Å²) in [6.07, 6.45) is 5.56. The monoisotopic (exact) mass is 279 g/mol. The van der Waals surface area contributed by atoms with E-state index in [0.29, 0.717) is 11.8 Å². The number of ether oxygens (including phenoxy) is 1. The zero-order valence-corrected chi connectivity index (χ0v) is 12.1. The van der Waals surface area contributed by atoms with Gasteiger partial charge in [0.05, 0.1) is 11.9 Å². The lowest BCUT2D eigenvalue weighted by atomic mass is 10.2. The van der Waals surface area contributed by atoms with E-state index in [0.717, 1.165) is 17.3 Å². The molecule has 0 fully saturated rings. The van der Waals surface area contributed by atoms with Gasteiger partial charge in [0.2, 0.25) is 5.88 Å². The minimum Gasteiger partial charge on any atom is -0.439 e. The van der Waals surface area contributed by atoms with Gasteiger partial charge in [0.1, 0.15) is 11.6 Å². The molecule has 0 unspecified atom stereocenters. The molecule has 1 aromatic carbocycles. The first-order chi connectivity index (χ1) is 10.2. The summed E-state index contributed by atoms with van der Waals surface area (Å²) in [7, 11) is 0. The van der Waals surface area contributed by atoms with Crippen LogP contribution in [0, 0.1) is 0 Å². The Hall–Kier alpha value is -2.62. The molecule has 4 heteroatoms. The Kier molecular flexibility index (Phi) is 3.69. The summed E-state index contributed by atoms with van der Waals surface area (Å²) in [6.45, 7) is 4.25. The lowest BCUT2D eigenvalue weighted by Gasteiger charge is -2.10. The van der Waals surface area contributed by atoms with Crippen LogP contribution < -0.4 is 4.74 Å². The zero-order valence-electron chi connectivity index (χ0n) is 12.1. The fraction of sp³-hybridized carbons (Fsp3) is 0.176. The minimum absolute atomic E-state index is 0.361. The quantitative estimate of drug-likeness (QED) is 0.719. The fourth-order valence-electron chi connectivity index (χ4n) is 2.15. The Labute approximate surface area is 124 Å². The van der Waals surface area contributed by atoms with Crippen LogP contribution in [0.5, 0.6) is 11.6 Å². The summed E-state index contributed by atoms with van der Waals surface area (Å²) in [5.41, 5.74) is 0.983. The Bertz CT molecular complexity index is 702. The van der Waals surface area contributed by atoms with Crippen LogP contribution >= 0.6 is 0 Å². The molecule has 3 rings (SSSR count). The van der Waals surface area contributed by atoms with Crippen molar-refractivity contribution in [2.75, 3.05) is 0 Å². The highest BCUT2D eigenvalue weighted by atomic mass is 16.5. The fourth-order valence-corrected chi connectivity index (χ4v) is 2.15. The molecule has 2 heterocycles. The van der Waals surface area contributed by atoms with Crippen LogP contribution in [0.4, 0.5) is 0 Å². The maximum atomic E-state index is 5.69. The van der Waals surface area contributed by atoms with E-state index in [2.05, 4.69) is 23.8 Å². The van der Waals surface area contributed by atoms with Crippen molar-refractivity contribution in [3.63, 3.8) is 0 Å². The van der Waals surface area contributed by atoms with E-state index in [-0.39, 0.29) is 0 Å². The highest BCUT2D eigenvalue weighted by molar-refractivity contribution is 5.35. The van der Waals surface area contributed by atoms with Crippen molar-refractivity contribution >= 4 is 0 Å². The molecule has 106 valence electrons. The highest BCUT2D eigenvalue weighted by Gasteiger charge is 2.09. The summed E-state index contributed by atoms with van der Waals surface area (Å²) >= 11 is 0. The lowest BCUT2D eigenvalue weighted by Crippen LogP contribution is -2.02. The first kappa shape index (κ1) is 13.4. The molecule has 2 aromatic heterocycles. The van der Waals surface area contributed by atoms with Gasteiger partial charge >= 0.3 is 0 Å². The second-order valence-electron chi connectivity index (χ2n) is 5.08. The minimum atomic E-state index is 0.361. The molecule has 0 aliphatic heterocycles. The van der Waals surface area contributed by atoms with Crippen molar-refractivity contribution in [3.8, 4) is 17.3 Å². The van der Waals surface area contributed by atoms with Gasteiger partial charge in [-0.05, 0) is 18.2 Å². The van der Waals surface area contributed by atoms with Crippen LogP contribution in [0.25, 0.3) is 5.69 Å². The highest BCUT2D eigenvalue weighted by Crippen LogP contribution is 2.21. The van der Waals surface area contributed by atoms with Gasteiger partial charge in [0.25, 0.3) is 0 Å². The van der Waals surface area contributed by atoms with Gasteiger partial charge in [-0.1, -0.05) is 32.0 Å². The maximum Gasteiger partial charge on any atom is 0.219 e. The SMILES string of the molecule is CC(C)c1nccn1-c1ccc(Oc2ccccc2)nc1. The third kappa shape index (κ3) is 2.94. The van der Waals surface area contributed by atoms with Crippen LogP contribution in [-0.2, 0) is 0 Å². The number of imidazole rings is 1. The molecule has 0 atom stereocenters. The first-order valence-corrected chi connectivity index (χ1v) is 6.96. The largest absolute Gasteiger partial charge is 0.439 e. The first-order valence-electron chi connectivity index (χ1n) is 6.96. The maximum absolute atomic E-state index is 5.69. The van der Waals surface area contributed by atoms with Crippen molar-refractivity contribution < 1.29 is 4.74 Å². The number of hydrogen-bond acceptors (Lipinski definition) is 3. The second-order valence-corrected chi connectivity index (χ2v) is 5.08. The van der Waals surface area contributed by atoms with Gasteiger partial charge in [0, 0.05) is 24.4 Å². The van der Waals surface area contributed by atoms with Crippen LogP contribution in [-0.4, -0.2) is 14.5 Å². The number of hydrogen-bond donors (Lipinski definition) is 0. The van der Waals surface area contributed by atoms with Gasteiger partial charge in [-0.2, -0.15) is 0 Å². The van der Waals surface area contributed by atoms with Crippen LogP contribution in [0.3, 0.4) is 0 Å². The molecule has 3 aromatic rings. The normalized spacial score (nSPS) is 10.8. The van der Waals surface area contributed by atoms with Crippen molar-refractivity contribution in [2.24, 2.45) is 0 Å². The molecular formula is C17H17N3O. The Balaban J connectivity index is 1.82. The lowest BCUT2D eigenvalue weighted by molar-refractivity contribution is 0.463. The average molecular weight is 279 g/mol. The number of aromatic nitrogens is 3. The summed E-state index contributed by atoms with van der Waals surface area (Å²) in [6, 6.07) is 13.5. The predicted molar refractivity (Wildman–Crippen MR) is 82.0 cm³/mol. The van der Waals surface area contributed by atoms with E-state index in [1.165, 1.54) is 0 Å². The van der Waals surface area contributed by atoms with E-state index >= 15 is 0 Å². The Morgan fingerprint density at radius 2 is 1.81 bits per heavy atom. The molecule has 0 saturated heterocycles. The van der Waals surface area contributed by atoms with Gasteiger partial charge in [-0.3, -0.25) is 0 Å². The summed E-state index contributed by atoms with van der Waals surface area (Å²) in [5, 5.41) is 0. The molecule has 0 radical (unpaired) electrons. The third-order valence-electron chi connectivity index (χ3n) is 3.15. The molecule has 21 heavy (non-hydrogen) atoms. The molecular weight excluding hydrogens is 262 g/mol. The molecule has 0 aliphatic rings. The van der Waals surface area contributed by atoms with Crippen LogP contribution in [0.1, 0.15) is 25.6 Å². The Morgan fingerprint density at radius 1 is 1.00 bits per heavy atom. The standard InChI is InChI=1S/C17H17N3O/c1-13(2)17-18-10-11-20(17)14-8-9-16(19-12-14)21-15-6-4-3-5-7-15/h3-13H,1-2H3. The van der Waals surface area contributed by atoms with Gasteiger partial charge in [0.15, 0.2) is 0 Å². The second kappa shape index (κ2) is 5.79. The van der Waals surface area contributed by atoms with E-state index < -0.39 is 0 Å². The Morgan fingerprint density at radius 3 is 2.48 bits per heavy atom. The number of benzene rings is 1. The smallest absolute Gasteiger partial charge is 0.219 e. The van der Waals surface area contributed by atoms with Crippen molar-refractivity contribution in [3.05, 3.63) is 66.9 Å². The molecule has 4 nitrogen and oxygen atoms in total. The molecule has 0 spiro atoms. The van der Waals surface area contributed by atoms with Crippen LogP contribution in [0.15, 0.2) is 61.1 Å². The van der Waals surface area contributed by atoms with Crippen LogP contribution in [0.2, 0.25) is 0 Å². The van der Waals surface area contributed by atoms with E-state index in [9.17, 15) is 0 Å². The van der Waals surface area contributed by atoms with E-state index in [4.69, 9.17) is 4.74 Å². The van der Waals surface area contributed by atoms with Crippen molar-refractivity contribution in [2.45, 2.75) is 19.8 Å². The molecule has 0 saturated carbocycles. The molecule has 0 aliphatic carbocycles. The predicted octanol–water partition coefficient (Wildman–Crippen LogP) is 4.18.